The normalized spacial score (nSPS) is 27.1. The van der Waals surface area contributed by atoms with Crippen molar-refractivity contribution in [1.82, 2.24) is 0 Å². The van der Waals surface area contributed by atoms with E-state index >= 15 is 0 Å². The quantitative estimate of drug-likeness (QED) is 0.462. The smallest absolute Gasteiger partial charge is 0.303 e. The van der Waals surface area contributed by atoms with Crippen LogP contribution in [0.25, 0.3) is 0 Å². The van der Waals surface area contributed by atoms with E-state index in [-0.39, 0.29) is 13.0 Å². The molecule has 0 aliphatic heterocycles. The number of hydrogen-bond donors (Lipinski definition) is 0. The summed E-state index contributed by atoms with van der Waals surface area (Å²) in [5.41, 5.74) is 0. The third-order valence-corrected chi connectivity index (χ3v) is 3.74. The van der Waals surface area contributed by atoms with Gasteiger partial charge in [-0.1, -0.05) is 0 Å². The summed E-state index contributed by atoms with van der Waals surface area (Å²) >= 11 is 0. The van der Waals surface area contributed by atoms with Gasteiger partial charge in [0.25, 0.3) is 0 Å². The molecule has 27 heavy (non-hydrogen) atoms. The SMILES string of the molecule is CC(=O)OC[C@@H]1C[C@@H](OC(C)=O)[C@H](OC(C)=O)[C@H](OC(C)=O)[C@H]1OC(C)=O. The second-order valence-electron chi connectivity index (χ2n) is 6.17. The van der Waals surface area contributed by atoms with Gasteiger partial charge in [-0.2, -0.15) is 0 Å². The summed E-state index contributed by atoms with van der Waals surface area (Å²) < 4.78 is 25.9. The van der Waals surface area contributed by atoms with E-state index in [1.54, 1.807) is 0 Å². The van der Waals surface area contributed by atoms with Gasteiger partial charge in [0.2, 0.25) is 0 Å². The fourth-order valence-electron chi connectivity index (χ4n) is 2.96. The molecule has 0 heterocycles. The molecule has 0 N–H and O–H groups in total. The minimum atomic E-state index is -1.24. The average Bonchev–Trinajstić information content (AvgIpc) is 2.49. The maximum Gasteiger partial charge on any atom is 0.303 e. The van der Waals surface area contributed by atoms with E-state index in [0.717, 1.165) is 20.8 Å². The first-order chi connectivity index (χ1) is 12.5. The van der Waals surface area contributed by atoms with Crippen LogP contribution >= 0.6 is 0 Å². The van der Waals surface area contributed by atoms with E-state index in [4.69, 9.17) is 23.7 Å². The van der Waals surface area contributed by atoms with Crippen LogP contribution in [0.3, 0.4) is 0 Å². The van der Waals surface area contributed by atoms with Crippen LogP contribution in [0.4, 0.5) is 0 Å². The molecule has 1 fully saturated rings. The average molecular weight is 388 g/mol. The Morgan fingerprint density at radius 1 is 0.630 bits per heavy atom. The van der Waals surface area contributed by atoms with Gasteiger partial charge < -0.3 is 23.7 Å². The van der Waals surface area contributed by atoms with Gasteiger partial charge in [0.05, 0.1) is 6.61 Å². The zero-order valence-corrected chi connectivity index (χ0v) is 15.9. The topological polar surface area (TPSA) is 132 Å². The van der Waals surface area contributed by atoms with Crippen molar-refractivity contribution in [3.63, 3.8) is 0 Å². The largest absolute Gasteiger partial charge is 0.465 e. The van der Waals surface area contributed by atoms with E-state index < -0.39 is 60.2 Å². The van der Waals surface area contributed by atoms with Crippen molar-refractivity contribution >= 4 is 29.8 Å². The molecular formula is C17H24O10. The van der Waals surface area contributed by atoms with Crippen LogP contribution in [-0.2, 0) is 47.7 Å². The number of ether oxygens (including phenoxy) is 5. The summed E-state index contributed by atoms with van der Waals surface area (Å²) in [5.74, 6) is -3.95. The number of carbonyl (C=O) groups is 5. The molecule has 0 spiro atoms. The van der Waals surface area contributed by atoms with Crippen LogP contribution in [0.5, 0.6) is 0 Å². The van der Waals surface area contributed by atoms with E-state index in [0.29, 0.717) is 0 Å². The molecule has 152 valence electrons. The molecule has 0 aromatic rings. The molecule has 10 nitrogen and oxygen atoms in total. The minimum Gasteiger partial charge on any atom is -0.465 e. The summed E-state index contributed by atoms with van der Waals surface area (Å²) in [4.78, 5) is 57.3. The fraction of sp³-hybridized carbons (Fsp3) is 0.706. The van der Waals surface area contributed by atoms with Crippen molar-refractivity contribution < 1.29 is 47.7 Å². The van der Waals surface area contributed by atoms with Gasteiger partial charge in [-0.15, -0.1) is 0 Å². The number of esters is 5. The summed E-state index contributed by atoms with van der Waals surface area (Å²) in [5, 5.41) is 0. The Balaban J connectivity index is 3.29. The van der Waals surface area contributed by atoms with Gasteiger partial charge >= 0.3 is 29.8 Å². The molecule has 1 saturated carbocycles. The Hall–Kier alpha value is -2.65. The van der Waals surface area contributed by atoms with Crippen molar-refractivity contribution in [2.24, 2.45) is 5.92 Å². The maximum atomic E-state index is 11.6. The van der Waals surface area contributed by atoms with Crippen LogP contribution in [0, 0.1) is 5.92 Å². The number of carbonyl (C=O) groups excluding carboxylic acids is 5. The maximum absolute atomic E-state index is 11.6. The minimum absolute atomic E-state index is 0.0561. The third kappa shape index (κ3) is 7.24. The second-order valence-corrected chi connectivity index (χ2v) is 6.17. The molecule has 0 amide bonds. The molecule has 1 aliphatic carbocycles. The lowest BCUT2D eigenvalue weighted by Gasteiger charge is -2.43. The number of rotatable bonds is 6. The Morgan fingerprint density at radius 3 is 1.52 bits per heavy atom. The fourth-order valence-corrected chi connectivity index (χ4v) is 2.96. The molecule has 0 saturated heterocycles. The van der Waals surface area contributed by atoms with E-state index in [9.17, 15) is 24.0 Å². The highest BCUT2D eigenvalue weighted by Gasteiger charge is 2.52. The summed E-state index contributed by atoms with van der Waals surface area (Å²) in [6.07, 6.45) is -4.42. The van der Waals surface area contributed by atoms with Crippen molar-refractivity contribution in [2.75, 3.05) is 6.61 Å². The van der Waals surface area contributed by atoms with Crippen molar-refractivity contribution in [1.29, 1.82) is 0 Å². The summed E-state index contributed by atoms with van der Waals surface area (Å²) in [6, 6.07) is 0. The highest BCUT2D eigenvalue weighted by molar-refractivity contribution is 5.69. The Labute approximate surface area is 156 Å². The van der Waals surface area contributed by atoms with Crippen LogP contribution in [0.1, 0.15) is 41.0 Å². The first kappa shape index (κ1) is 22.4. The molecule has 0 radical (unpaired) electrons. The van der Waals surface area contributed by atoms with Gasteiger partial charge in [0, 0.05) is 40.5 Å². The zero-order valence-electron chi connectivity index (χ0n) is 15.9. The summed E-state index contributed by atoms with van der Waals surface area (Å²) in [6.45, 7) is 5.64. The zero-order chi connectivity index (χ0) is 20.7. The second kappa shape index (κ2) is 9.89. The van der Waals surface area contributed by atoms with E-state index in [2.05, 4.69) is 0 Å². The monoisotopic (exact) mass is 388 g/mol. The lowest BCUT2D eigenvalue weighted by molar-refractivity contribution is -0.221. The molecule has 1 aliphatic rings. The molecule has 0 unspecified atom stereocenters. The Kier molecular flexibility index (Phi) is 8.20. The first-order valence-corrected chi connectivity index (χ1v) is 8.33. The molecule has 5 atom stereocenters. The van der Waals surface area contributed by atoms with E-state index in [1.165, 1.54) is 13.8 Å². The van der Waals surface area contributed by atoms with E-state index in [1.807, 2.05) is 0 Å². The number of hydrogen-bond acceptors (Lipinski definition) is 10. The molecular weight excluding hydrogens is 364 g/mol. The highest BCUT2D eigenvalue weighted by atomic mass is 16.6. The first-order valence-electron chi connectivity index (χ1n) is 8.33. The van der Waals surface area contributed by atoms with Gasteiger partial charge in [0.1, 0.15) is 12.2 Å². The molecule has 10 heteroatoms. The predicted octanol–water partition coefficient (Wildman–Crippen LogP) is 0.296. The predicted molar refractivity (Wildman–Crippen MR) is 87.0 cm³/mol. The van der Waals surface area contributed by atoms with Crippen molar-refractivity contribution in [3.8, 4) is 0 Å². The third-order valence-electron chi connectivity index (χ3n) is 3.74. The van der Waals surface area contributed by atoms with Gasteiger partial charge in [0.15, 0.2) is 12.2 Å². The van der Waals surface area contributed by atoms with Crippen LogP contribution in [-0.4, -0.2) is 60.9 Å². The highest BCUT2D eigenvalue weighted by Crippen LogP contribution is 2.34. The summed E-state index contributed by atoms with van der Waals surface area (Å²) in [7, 11) is 0. The van der Waals surface area contributed by atoms with Crippen LogP contribution in [0.15, 0.2) is 0 Å². The lowest BCUT2D eigenvalue weighted by Crippen LogP contribution is -2.59. The van der Waals surface area contributed by atoms with Crippen molar-refractivity contribution in [2.45, 2.75) is 65.5 Å². The van der Waals surface area contributed by atoms with Crippen molar-refractivity contribution in [3.05, 3.63) is 0 Å². The molecule has 0 aromatic carbocycles. The molecule has 0 aromatic heterocycles. The standard InChI is InChI=1S/C17H24O10/c1-8(18)23-7-13-6-14(24-9(2)19)16(26-11(4)21)17(27-12(5)22)15(13)25-10(3)20/h13-17H,6-7H2,1-5H3/t13-,14+,15-,16-,17+/m0/s1. The molecule has 0 bridgehead atoms. The Bertz CT molecular complexity index is 599. The Morgan fingerprint density at radius 2 is 1.07 bits per heavy atom. The van der Waals surface area contributed by atoms with Gasteiger partial charge in [-0.25, -0.2) is 0 Å². The van der Waals surface area contributed by atoms with Gasteiger partial charge in [-0.05, 0) is 6.42 Å². The van der Waals surface area contributed by atoms with Crippen LogP contribution in [0.2, 0.25) is 0 Å². The molecule has 1 rings (SSSR count). The van der Waals surface area contributed by atoms with Gasteiger partial charge in [-0.3, -0.25) is 24.0 Å². The van der Waals surface area contributed by atoms with Crippen LogP contribution < -0.4 is 0 Å². The lowest BCUT2D eigenvalue weighted by atomic mass is 9.80.